The summed E-state index contributed by atoms with van der Waals surface area (Å²) in [6.07, 6.45) is 0. The van der Waals surface area contributed by atoms with Crippen molar-refractivity contribution in [1.82, 2.24) is 0 Å². The molecule has 0 atom stereocenters. The summed E-state index contributed by atoms with van der Waals surface area (Å²) >= 11 is 11.9. The van der Waals surface area contributed by atoms with Crippen molar-refractivity contribution in [2.45, 2.75) is 6.92 Å². The van der Waals surface area contributed by atoms with Gasteiger partial charge in [0.1, 0.15) is 0 Å². The van der Waals surface area contributed by atoms with Crippen molar-refractivity contribution < 1.29 is 9.70 Å². The Morgan fingerprint density at radius 3 is 2.11 bits per heavy atom. The summed E-state index contributed by atoms with van der Waals surface area (Å²) in [5.41, 5.74) is 0.205. The van der Waals surface area contributed by atoms with E-state index >= 15 is 0 Å². The molecule has 0 amide bonds. The summed E-state index contributed by atoms with van der Waals surface area (Å²) in [4.78, 5) is 3.88. The second-order valence-electron chi connectivity index (χ2n) is 4.60. The molecule has 1 rings (SSSR count). The van der Waals surface area contributed by atoms with E-state index < -0.39 is 5.90 Å². The third-order valence-corrected chi connectivity index (χ3v) is 2.51. The minimum absolute atomic E-state index is 0.205. The molecule has 4 nitrogen and oxygen atoms in total. The molecule has 0 bridgehead atoms. The number of rotatable bonds is 2. The molecule has 0 aliphatic carbocycles. The Morgan fingerprint density at radius 2 is 1.67 bits per heavy atom. The van der Waals surface area contributed by atoms with Gasteiger partial charge in [-0.2, -0.15) is 0 Å². The number of amidine groups is 1. The first kappa shape index (κ1) is 15.0. The molecule has 0 saturated heterocycles. The van der Waals surface area contributed by atoms with Crippen LogP contribution in [0, 0.1) is 0 Å². The first-order valence-corrected chi connectivity index (χ1v) is 6.04. The Morgan fingerprint density at radius 1 is 1.17 bits per heavy atom. The molecule has 0 aliphatic rings. The maximum Gasteiger partial charge on any atom is 0.180 e. The number of quaternary nitrogens is 1. The summed E-state index contributed by atoms with van der Waals surface area (Å²) in [6, 6.07) is 4.87. The van der Waals surface area contributed by atoms with E-state index in [-0.39, 0.29) is 15.6 Å². The first-order chi connectivity index (χ1) is 8.20. The van der Waals surface area contributed by atoms with Crippen LogP contribution in [0.2, 0.25) is 10.0 Å². The zero-order chi connectivity index (χ0) is 13.9. The van der Waals surface area contributed by atoms with Crippen molar-refractivity contribution in [1.29, 1.82) is 0 Å². The lowest BCUT2D eigenvalue weighted by Gasteiger charge is -2.17. The molecule has 1 aromatic carbocycles. The van der Waals surface area contributed by atoms with Crippen LogP contribution in [-0.4, -0.2) is 37.5 Å². The van der Waals surface area contributed by atoms with Gasteiger partial charge in [0.2, 0.25) is 0 Å². The van der Waals surface area contributed by atoms with Crippen LogP contribution in [0.5, 0.6) is 0 Å². The van der Waals surface area contributed by atoms with Crippen molar-refractivity contribution in [3.05, 3.63) is 33.8 Å². The van der Waals surface area contributed by atoms with E-state index in [1.54, 1.807) is 25.1 Å². The SMILES string of the molecule is C/C(N=C([O-])c1c(Cl)cccc1Cl)=N\[N+](C)(C)C. The number of hydrogen-bond donors (Lipinski definition) is 0. The van der Waals surface area contributed by atoms with Crippen LogP contribution < -0.4 is 5.11 Å². The van der Waals surface area contributed by atoms with Gasteiger partial charge >= 0.3 is 0 Å². The van der Waals surface area contributed by atoms with Gasteiger partial charge in [0.05, 0.1) is 31.2 Å². The predicted octanol–water partition coefficient (Wildman–Crippen LogP) is 2.14. The third kappa shape index (κ3) is 4.29. The zero-order valence-corrected chi connectivity index (χ0v) is 12.2. The zero-order valence-electron chi connectivity index (χ0n) is 10.7. The van der Waals surface area contributed by atoms with E-state index in [1.165, 1.54) is 0 Å². The van der Waals surface area contributed by atoms with Crippen molar-refractivity contribution in [3.63, 3.8) is 0 Å². The highest BCUT2D eigenvalue weighted by molar-refractivity contribution is 6.39. The molecule has 98 valence electrons. The van der Waals surface area contributed by atoms with Gasteiger partial charge in [-0.05, 0) is 18.0 Å². The second kappa shape index (κ2) is 5.69. The molecule has 18 heavy (non-hydrogen) atoms. The Kier molecular flexibility index (Phi) is 4.73. The van der Waals surface area contributed by atoms with Gasteiger partial charge in [-0.15, -0.1) is 0 Å². The maximum atomic E-state index is 12.0. The lowest BCUT2D eigenvalue weighted by atomic mass is 10.2. The number of aliphatic imine (C=N–C) groups is 1. The normalized spacial score (nSPS) is 13.9. The average Bonchev–Trinajstić information content (AvgIpc) is 2.13. The molecule has 0 aliphatic heterocycles. The van der Waals surface area contributed by atoms with Crippen LogP contribution in [0.25, 0.3) is 0 Å². The summed E-state index contributed by atoms with van der Waals surface area (Å²) in [6.45, 7) is 1.66. The molecular weight excluding hydrogens is 273 g/mol. The van der Waals surface area contributed by atoms with E-state index in [9.17, 15) is 5.11 Å². The number of benzene rings is 1. The monoisotopic (exact) mass is 287 g/mol. The summed E-state index contributed by atoms with van der Waals surface area (Å²) in [5, 5.41) is 16.7. The molecule has 6 heteroatoms. The van der Waals surface area contributed by atoms with Gasteiger partial charge in [-0.3, -0.25) is 0 Å². The quantitative estimate of drug-likeness (QED) is 0.356. The van der Waals surface area contributed by atoms with Crippen LogP contribution in [0.3, 0.4) is 0 Å². The van der Waals surface area contributed by atoms with Gasteiger partial charge in [-0.1, -0.05) is 34.4 Å². The van der Waals surface area contributed by atoms with Gasteiger partial charge in [0.15, 0.2) is 5.84 Å². The van der Waals surface area contributed by atoms with E-state index in [0.717, 1.165) is 0 Å². The summed E-state index contributed by atoms with van der Waals surface area (Å²) in [5.74, 6) is -0.108. The summed E-state index contributed by atoms with van der Waals surface area (Å²) in [7, 11) is 5.60. The average molecular weight is 288 g/mol. The number of hydrogen-bond acceptors (Lipinski definition) is 2. The molecule has 0 unspecified atom stereocenters. The highest BCUT2D eigenvalue weighted by atomic mass is 35.5. The molecule has 0 N–H and O–H groups in total. The lowest BCUT2D eigenvalue weighted by molar-refractivity contribution is -0.877. The Balaban J connectivity index is 3.15. The Hall–Kier alpha value is -1.10. The van der Waals surface area contributed by atoms with E-state index in [1.807, 2.05) is 21.1 Å². The van der Waals surface area contributed by atoms with Gasteiger partial charge < -0.3 is 5.11 Å². The van der Waals surface area contributed by atoms with Crippen molar-refractivity contribution in [2.75, 3.05) is 21.1 Å². The van der Waals surface area contributed by atoms with E-state index in [0.29, 0.717) is 10.4 Å². The van der Waals surface area contributed by atoms with Crippen LogP contribution in [0.1, 0.15) is 12.5 Å². The highest BCUT2D eigenvalue weighted by Gasteiger charge is 2.07. The first-order valence-electron chi connectivity index (χ1n) is 5.29. The van der Waals surface area contributed by atoms with Gasteiger partial charge in [-0.25, -0.2) is 9.58 Å². The largest absolute Gasteiger partial charge is 0.858 e. The second-order valence-corrected chi connectivity index (χ2v) is 5.42. The molecule has 0 radical (unpaired) electrons. The molecule has 0 heterocycles. The predicted molar refractivity (Wildman–Crippen MR) is 74.1 cm³/mol. The van der Waals surface area contributed by atoms with Gasteiger partial charge in [0.25, 0.3) is 0 Å². The van der Waals surface area contributed by atoms with Crippen molar-refractivity contribution in [3.8, 4) is 0 Å². The fraction of sp³-hybridized carbons (Fsp3) is 0.333. The minimum Gasteiger partial charge on any atom is -0.858 e. The molecule has 1 aromatic rings. The smallest absolute Gasteiger partial charge is 0.180 e. The van der Waals surface area contributed by atoms with Gasteiger partial charge in [0, 0.05) is 12.5 Å². The Bertz CT molecular complexity index is 484. The van der Waals surface area contributed by atoms with E-state index in [2.05, 4.69) is 10.1 Å². The Labute approximate surface area is 117 Å². The third-order valence-electron chi connectivity index (χ3n) is 1.88. The van der Waals surface area contributed by atoms with Crippen molar-refractivity contribution >= 4 is 34.9 Å². The molecule has 0 aromatic heterocycles. The standard InChI is InChI=1S/C12H15Cl2N3O/c1-8(16-17(2,3)4)15-12(18)11-9(13)6-5-7-10(11)14/h5-7H,1-4H3. The minimum atomic E-state index is -0.486. The van der Waals surface area contributed by atoms with Crippen LogP contribution in [0.4, 0.5) is 0 Å². The van der Waals surface area contributed by atoms with Crippen molar-refractivity contribution in [2.24, 2.45) is 10.1 Å². The molecular formula is C12H15Cl2N3O. The molecule has 0 saturated carbocycles. The number of nitrogens with zero attached hydrogens (tertiary/aromatic N) is 3. The van der Waals surface area contributed by atoms with Crippen LogP contribution in [-0.2, 0) is 0 Å². The molecule has 0 fully saturated rings. The molecule has 0 spiro atoms. The van der Waals surface area contributed by atoms with Crippen LogP contribution >= 0.6 is 23.2 Å². The lowest BCUT2D eigenvalue weighted by Crippen LogP contribution is -2.29. The fourth-order valence-electron chi connectivity index (χ4n) is 1.36. The van der Waals surface area contributed by atoms with E-state index in [4.69, 9.17) is 23.2 Å². The topological polar surface area (TPSA) is 47.8 Å². The maximum absolute atomic E-state index is 12.0. The van der Waals surface area contributed by atoms with Crippen LogP contribution in [0.15, 0.2) is 28.3 Å². The summed E-state index contributed by atoms with van der Waals surface area (Å²) < 4.78 is 0.332. The highest BCUT2D eigenvalue weighted by Crippen LogP contribution is 2.23. The number of halogens is 2. The fourth-order valence-corrected chi connectivity index (χ4v) is 1.92.